The van der Waals surface area contributed by atoms with E-state index in [9.17, 15) is 5.11 Å². The molecule has 0 amide bonds. The molecule has 0 saturated carbocycles. The molecule has 0 unspecified atom stereocenters. The van der Waals surface area contributed by atoms with Gasteiger partial charge in [-0.15, -0.1) is 10.2 Å². The Hall–Kier alpha value is -3.90. The molecule has 2 fully saturated rings. The molecule has 5 rings (SSSR count). The number of piperazine rings is 1. The van der Waals surface area contributed by atoms with Crippen LogP contribution in [0.1, 0.15) is 32.0 Å². The molecule has 3 aromatic rings. The Balaban J connectivity index is 1.28. The summed E-state index contributed by atoms with van der Waals surface area (Å²) in [5.74, 6) is 8.39. The first kappa shape index (κ1) is 23.8. The predicted molar refractivity (Wildman–Crippen MR) is 142 cm³/mol. The highest BCUT2D eigenvalue weighted by atomic mass is 16.3. The van der Waals surface area contributed by atoms with Gasteiger partial charge in [0, 0.05) is 37.4 Å². The molecule has 2 saturated heterocycles. The molecule has 36 heavy (non-hydrogen) atoms. The van der Waals surface area contributed by atoms with Crippen LogP contribution >= 0.6 is 0 Å². The minimum atomic E-state index is 0.158. The number of hydrogen-bond donors (Lipinski definition) is 2. The lowest BCUT2D eigenvalue weighted by Gasteiger charge is -2.41. The summed E-state index contributed by atoms with van der Waals surface area (Å²) in [5, 5.41) is 18.6. The lowest BCUT2D eigenvalue weighted by atomic mass is 10.1. The quantitative estimate of drug-likeness (QED) is 0.541. The maximum Gasteiger partial charge on any atom is 0.206 e. The third-order valence-corrected chi connectivity index (χ3v) is 6.83. The number of rotatable bonds is 4. The molecule has 4 heterocycles. The lowest BCUT2D eigenvalue weighted by Crippen LogP contribution is -2.52. The Morgan fingerprint density at radius 2 is 1.89 bits per heavy atom. The van der Waals surface area contributed by atoms with Crippen molar-refractivity contribution in [2.24, 2.45) is 0 Å². The Morgan fingerprint density at radius 3 is 2.69 bits per heavy atom. The highest BCUT2D eigenvalue weighted by molar-refractivity contribution is 5.74. The normalized spacial score (nSPS) is 18.5. The molecular formula is C27H32N8O. The van der Waals surface area contributed by atoms with Gasteiger partial charge in [0.25, 0.3) is 0 Å². The van der Waals surface area contributed by atoms with Crippen molar-refractivity contribution in [2.45, 2.75) is 32.2 Å². The number of aromatic hydroxyl groups is 1. The molecule has 9 nitrogen and oxygen atoms in total. The number of benzene rings is 1. The molecule has 3 N–H and O–H groups in total. The maximum atomic E-state index is 10.2. The first-order valence-electron chi connectivity index (χ1n) is 12.6. The fraction of sp³-hybridized carbons (Fsp3) is 0.407. The molecule has 1 atom stereocenters. The number of aromatic nitrogens is 4. The van der Waals surface area contributed by atoms with Crippen molar-refractivity contribution in [1.82, 2.24) is 25.1 Å². The van der Waals surface area contributed by atoms with Gasteiger partial charge in [-0.25, -0.2) is 9.97 Å². The zero-order valence-corrected chi connectivity index (χ0v) is 20.6. The molecule has 9 heteroatoms. The van der Waals surface area contributed by atoms with Crippen LogP contribution in [0, 0.1) is 11.8 Å². The number of anilines is 3. The predicted octanol–water partition coefficient (Wildman–Crippen LogP) is 2.77. The third kappa shape index (κ3) is 5.34. The topological polar surface area (TPSA) is 108 Å². The third-order valence-electron chi connectivity index (χ3n) is 6.83. The second-order valence-corrected chi connectivity index (χ2v) is 9.38. The molecule has 2 aromatic heterocycles. The van der Waals surface area contributed by atoms with E-state index in [1.54, 1.807) is 18.3 Å². The number of para-hydroxylation sites is 1. The molecule has 186 valence electrons. The number of phenols is 1. The summed E-state index contributed by atoms with van der Waals surface area (Å²) < 4.78 is 0. The van der Waals surface area contributed by atoms with Crippen LogP contribution in [0.2, 0.25) is 0 Å². The molecule has 2 aliphatic heterocycles. The Labute approximate surface area is 212 Å². The van der Waals surface area contributed by atoms with E-state index in [-0.39, 0.29) is 11.8 Å². The van der Waals surface area contributed by atoms with Crippen molar-refractivity contribution >= 4 is 17.3 Å². The van der Waals surface area contributed by atoms with Crippen LogP contribution in [-0.2, 0) is 0 Å². The summed E-state index contributed by atoms with van der Waals surface area (Å²) in [4.78, 5) is 16.0. The van der Waals surface area contributed by atoms with E-state index in [1.165, 1.54) is 19.3 Å². The van der Waals surface area contributed by atoms with E-state index < -0.39 is 0 Å². The molecule has 0 spiro atoms. The van der Waals surface area contributed by atoms with Crippen LogP contribution in [0.3, 0.4) is 0 Å². The molecule has 0 bridgehead atoms. The number of nitrogens with zero attached hydrogens (tertiary/aromatic N) is 7. The monoisotopic (exact) mass is 484 g/mol. The number of piperidine rings is 1. The fourth-order valence-electron chi connectivity index (χ4n) is 4.90. The lowest BCUT2D eigenvalue weighted by molar-refractivity contribution is 0.255. The number of phenolic OH excluding ortho intramolecular Hbond substituents is 1. The number of hydrogen-bond acceptors (Lipinski definition) is 9. The summed E-state index contributed by atoms with van der Waals surface area (Å²) in [7, 11) is 0. The first-order valence-corrected chi connectivity index (χ1v) is 12.6. The van der Waals surface area contributed by atoms with E-state index in [4.69, 9.17) is 10.7 Å². The van der Waals surface area contributed by atoms with Crippen molar-refractivity contribution in [3.05, 3.63) is 48.4 Å². The van der Waals surface area contributed by atoms with Gasteiger partial charge in [-0.1, -0.05) is 24.5 Å². The highest BCUT2D eigenvalue weighted by Crippen LogP contribution is 2.33. The van der Waals surface area contributed by atoms with Crippen molar-refractivity contribution < 1.29 is 5.11 Å². The van der Waals surface area contributed by atoms with Gasteiger partial charge in [0.15, 0.2) is 5.82 Å². The van der Waals surface area contributed by atoms with Crippen LogP contribution in [-0.4, -0.2) is 75.5 Å². The average Bonchev–Trinajstić information content (AvgIpc) is 2.90. The van der Waals surface area contributed by atoms with Crippen LogP contribution in [0.25, 0.3) is 11.3 Å². The summed E-state index contributed by atoms with van der Waals surface area (Å²) in [5.41, 5.74) is 8.28. The van der Waals surface area contributed by atoms with Gasteiger partial charge in [0.1, 0.15) is 11.6 Å². The van der Waals surface area contributed by atoms with Gasteiger partial charge in [0.2, 0.25) is 5.82 Å². The maximum absolute atomic E-state index is 10.2. The number of nitrogen functional groups attached to an aromatic ring is 1. The van der Waals surface area contributed by atoms with Gasteiger partial charge in [-0.2, -0.15) is 0 Å². The van der Waals surface area contributed by atoms with Crippen LogP contribution in [0.4, 0.5) is 17.3 Å². The van der Waals surface area contributed by atoms with Gasteiger partial charge < -0.3 is 20.6 Å². The Morgan fingerprint density at radius 1 is 1.06 bits per heavy atom. The largest absolute Gasteiger partial charge is 0.507 e. The summed E-state index contributed by atoms with van der Waals surface area (Å²) in [6.07, 6.45) is 5.63. The average molecular weight is 485 g/mol. The van der Waals surface area contributed by atoms with Gasteiger partial charge in [-0.3, -0.25) is 4.90 Å². The minimum absolute atomic E-state index is 0.158. The molecule has 1 aromatic carbocycles. The molecular weight excluding hydrogens is 452 g/mol. The molecule has 0 aliphatic carbocycles. The minimum Gasteiger partial charge on any atom is -0.507 e. The van der Waals surface area contributed by atoms with Gasteiger partial charge in [0.05, 0.1) is 17.9 Å². The molecule has 0 radical (unpaired) electrons. The zero-order valence-electron chi connectivity index (χ0n) is 20.6. The Bertz CT molecular complexity index is 1260. The second-order valence-electron chi connectivity index (χ2n) is 9.38. The Kier molecular flexibility index (Phi) is 7.14. The SMILES string of the molecule is C[C@@H]1CN(c2ccnc(C#CCN3CCCCC3)n2)CCN1c1cc(-c2ccccc2O)nnc1N. The van der Waals surface area contributed by atoms with E-state index in [1.807, 2.05) is 24.3 Å². The summed E-state index contributed by atoms with van der Waals surface area (Å²) in [6, 6.07) is 11.1. The fourth-order valence-corrected chi connectivity index (χ4v) is 4.90. The van der Waals surface area contributed by atoms with E-state index in [0.717, 1.165) is 50.8 Å². The van der Waals surface area contributed by atoms with Crippen molar-refractivity contribution in [3.63, 3.8) is 0 Å². The van der Waals surface area contributed by atoms with Crippen LogP contribution < -0.4 is 15.5 Å². The second kappa shape index (κ2) is 10.8. The molecule has 2 aliphatic rings. The first-order chi connectivity index (χ1) is 17.6. The summed E-state index contributed by atoms with van der Waals surface area (Å²) >= 11 is 0. The van der Waals surface area contributed by atoms with E-state index in [0.29, 0.717) is 22.9 Å². The summed E-state index contributed by atoms with van der Waals surface area (Å²) in [6.45, 7) is 7.48. The van der Waals surface area contributed by atoms with Gasteiger partial charge in [-0.05, 0) is 63.0 Å². The highest BCUT2D eigenvalue weighted by Gasteiger charge is 2.27. The standard InChI is InChI=1S/C27H32N8O/c1-20-19-34(26-11-12-29-25(30-26)10-7-15-33-13-5-2-6-14-33)16-17-35(20)23-18-22(31-32-27(23)28)21-8-3-4-9-24(21)36/h3-4,8-9,11-12,18,20,36H,2,5-6,13-17,19H2,1H3,(H2,28,32)/t20-/m1/s1. The van der Waals surface area contributed by atoms with Crippen molar-refractivity contribution in [3.8, 4) is 28.8 Å². The zero-order chi connectivity index (χ0) is 24.9. The number of likely N-dealkylation sites (tertiary alicyclic amines) is 1. The van der Waals surface area contributed by atoms with Crippen molar-refractivity contribution in [1.29, 1.82) is 0 Å². The van der Waals surface area contributed by atoms with Crippen LogP contribution in [0.15, 0.2) is 42.6 Å². The smallest absolute Gasteiger partial charge is 0.206 e. The van der Waals surface area contributed by atoms with Gasteiger partial charge >= 0.3 is 0 Å². The van der Waals surface area contributed by atoms with Crippen molar-refractivity contribution in [2.75, 3.05) is 54.8 Å². The number of nitrogens with two attached hydrogens (primary N) is 1. The van der Waals surface area contributed by atoms with E-state index in [2.05, 4.69) is 48.6 Å². The van der Waals surface area contributed by atoms with E-state index >= 15 is 0 Å². The van der Waals surface area contributed by atoms with Crippen LogP contribution in [0.5, 0.6) is 5.75 Å².